The van der Waals surface area contributed by atoms with Gasteiger partial charge in [0.15, 0.2) is 5.65 Å². The number of aryl methyl sites for hydroxylation is 2. The molecule has 11 heteroatoms. The Kier molecular flexibility index (Phi) is 6.35. The molecule has 0 saturated heterocycles. The Bertz CT molecular complexity index is 1400. The maximum atomic E-state index is 13.0. The summed E-state index contributed by atoms with van der Waals surface area (Å²) >= 11 is 0. The van der Waals surface area contributed by atoms with Crippen LogP contribution in [0.3, 0.4) is 0 Å². The molecule has 1 aliphatic carbocycles. The number of aldehydes is 1. The van der Waals surface area contributed by atoms with Crippen LogP contribution in [0.15, 0.2) is 30.6 Å². The van der Waals surface area contributed by atoms with Gasteiger partial charge in [0.2, 0.25) is 6.29 Å². The molecule has 5 rings (SSSR count). The van der Waals surface area contributed by atoms with Crippen molar-refractivity contribution >= 4 is 34.3 Å². The lowest BCUT2D eigenvalue weighted by molar-refractivity contribution is -0.156. The van der Waals surface area contributed by atoms with Gasteiger partial charge < -0.3 is 10.3 Å². The number of aromatic nitrogens is 5. The molecule has 184 valence electrons. The number of amides is 1. The lowest BCUT2D eigenvalue weighted by atomic mass is 10.0. The molecule has 3 heterocycles. The van der Waals surface area contributed by atoms with E-state index < -0.39 is 12.5 Å². The van der Waals surface area contributed by atoms with Gasteiger partial charge in [-0.1, -0.05) is 25.0 Å². The first-order chi connectivity index (χ1) is 16.5. The number of halogens is 3. The summed E-state index contributed by atoms with van der Waals surface area (Å²) in [6.45, 7) is 4.18. The third kappa shape index (κ3) is 5.18. The number of aromatic amines is 1. The number of carbonyl (C=O) groups is 2. The van der Waals surface area contributed by atoms with Crippen LogP contribution < -0.4 is 5.32 Å². The van der Waals surface area contributed by atoms with Gasteiger partial charge in [0.05, 0.1) is 17.3 Å². The molecule has 8 nitrogen and oxygen atoms in total. The maximum Gasteiger partial charge on any atom is 0.446 e. The van der Waals surface area contributed by atoms with Crippen LogP contribution in [0.4, 0.5) is 13.2 Å². The number of rotatable bonds is 3. The quantitative estimate of drug-likeness (QED) is 0.411. The Labute approximate surface area is 198 Å². The summed E-state index contributed by atoms with van der Waals surface area (Å²) in [5.74, 6) is -0.103. The number of nitrogens with zero attached hydrogens (tertiary/aromatic N) is 4. The van der Waals surface area contributed by atoms with Crippen molar-refractivity contribution in [3.8, 4) is 11.4 Å². The summed E-state index contributed by atoms with van der Waals surface area (Å²) in [4.78, 5) is 34.0. The van der Waals surface area contributed by atoms with E-state index in [1.807, 2.05) is 11.7 Å². The molecule has 2 N–H and O–H groups in total. The number of nitrogens with one attached hydrogen (secondary N) is 2. The topological polar surface area (TPSA) is 106 Å². The molecule has 1 aliphatic rings. The van der Waals surface area contributed by atoms with Crippen molar-refractivity contribution in [3.05, 3.63) is 41.7 Å². The number of hydrogen-bond acceptors (Lipinski definition) is 5. The van der Waals surface area contributed by atoms with Crippen LogP contribution in [0.25, 0.3) is 33.5 Å². The lowest BCUT2D eigenvalue weighted by Gasteiger charge is -2.24. The predicted octanol–water partition coefficient (Wildman–Crippen LogP) is 4.63. The van der Waals surface area contributed by atoms with Crippen LogP contribution in [0.2, 0.25) is 0 Å². The summed E-state index contributed by atoms with van der Waals surface area (Å²) in [5, 5.41) is 8.89. The van der Waals surface area contributed by atoms with Gasteiger partial charge in [-0.05, 0) is 38.3 Å². The van der Waals surface area contributed by atoms with Crippen LogP contribution in [0.1, 0.15) is 48.5 Å². The number of hydrogen-bond donors (Lipinski definition) is 2. The summed E-state index contributed by atoms with van der Waals surface area (Å²) < 4.78 is 33.1. The molecule has 35 heavy (non-hydrogen) atoms. The Hall–Kier alpha value is -3.76. The van der Waals surface area contributed by atoms with E-state index in [-0.39, 0.29) is 11.4 Å². The van der Waals surface area contributed by atoms with E-state index in [4.69, 9.17) is 9.78 Å². The number of benzene rings is 1. The van der Waals surface area contributed by atoms with Gasteiger partial charge in [-0.2, -0.15) is 18.3 Å². The molecule has 0 radical (unpaired) electrons. The van der Waals surface area contributed by atoms with Gasteiger partial charge in [0.25, 0.3) is 5.91 Å². The van der Waals surface area contributed by atoms with Crippen molar-refractivity contribution in [2.45, 2.75) is 51.2 Å². The van der Waals surface area contributed by atoms with Gasteiger partial charge in [0, 0.05) is 24.2 Å². The normalized spacial score (nSPS) is 15.1. The van der Waals surface area contributed by atoms with E-state index in [9.17, 15) is 18.0 Å². The van der Waals surface area contributed by atoms with E-state index in [0.29, 0.717) is 22.4 Å². The Balaban J connectivity index is 0.000000431. The van der Waals surface area contributed by atoms with Crippen molar-refractivity contribution in [2.24, 2.45) is 7.05 Å². The van der Waals surface area contributed by atoms with Gasteiger partial charge in [0.1, 0.15) is 16.9 Å². The molecule has 0 unspecified atom stereocenters. The van der Waals surface area contributed by atoms with Crippen molar-refractivity contribution in [1.29, 1.82) is 0 Å². The summed E-state index contributed by atoms with van der Waals surface area (Å²) in [6, 6.07) is 6.23. The van der Waals surface area contributed by atoms with Crippen molar-refractivity contribution < 1.29 is 22.8 Å². The van der Waals surface area contributed by atoms with Crippen LogP contribution in [0, 0.1) is 6.92 Å². The zero-order valence-electron chi connectivity index (χ0n) is 19.5. The first-order valence-electron chi connectivity index (χ1n) is 11.1. The Morgan fingerprint density at radius 1 is 1.26 bits per heavy atom. The molecule has 1 fully saturated rings. The summed E-state index contributed by atoms with van der Waals surface area (Å²) in [5.41, 5.74) is 5.22. The van der Waals surface area contributed by atoms with Gasteiger partial charge in [-0.25, -0.2) is 9.97 Å². The third-order valence-electron chi connectivity index (χ3n) is 6.13. The van der Waals surface area contributed by atoms with Crippen molar-refractivity contribution in [3.63, 3.8) is 0 Å². The lowest BCUT2D eigenvalue weighted by Crippen LogP contribution is -2.43. The minimum Gasteiger partial charge on any atom is -0.347 e. The molecule has 0 atom stereocenters. The molecule has 1 aromatic carbocycles. The molecular formula is C24H25F3N6O2. The third-order valence-corrected chi connectivity index (χ3v) is 6.13. The van der Waals surface area contributed by atoms with Gasteiger partial charge in [-0.15, -0.1) is 0 Å². The van der Waals surface area contributed by atoms with Gasteiger partial charge in [-0.3, -0.25) is 14.3 Å². The zero-order valence-corrected chi connectivity index (χ0v) is 19.5. The standard InChI is InChI=1S/C22H24N6O.C2HF3O/c1-13-6-7-14-17(10-13)28(3)27-18(14)16-12-24-20-19(25-16)15(11-23-20)21(29)26-22(2)8-4-5-9-22;3-2(4,5)1-6/h6-7,10-12H,4-5,8-9H2,1-3H3,(H,23,24)(H,26,29);1H. The molecule has 1 saturated carbocycles. The second kappa shape index (κ2) is 9.12. The highest BCUT2D eigenvalue weighted by atomic mass is 19.4. The Morgan fingerprint density at radius 3 is 2.60 bits per heavy atom. The molecule has 4 aromatic rings. The van der Waals surface area contributed by atoms with Crippen molar-refractivity contribution in [2.75, 3.05) is 0 Å². The smallest absolute Gasteiger partial charge is 0.347 e. The summed E-state index contributed by atoms with van der Waals surface area (Å²) in [6.07, 6.45) is 2.03. The average Bonchev–Trinajstić information content (AvgIpc) is 3.50. The molecule has 0 bridgehead atoms. The van der Waals surface area contributed by atoms with Crippen LogP contribution in [-0.2, 0) is 11.8 Å². The fourth-order valence-electron chi connectivity index (χ4n) is 4.36. The van der Waals surface area contributed by atoms with Crippen LogP contribution in [-0.4, -0.2) is 48.6 Å². The first-order valence-corrected chi connectivity index (χ1v) is 11.1. The van der Waals surface area contributed by atoms with Crippen molar-refractivity contribution in [1.82, 2.24) is 30.0 Å². The summed E-state index contributed by atoms with van der Waals surface area (Å²) in [7, 11) is 1.93. The molecule has 3 aromatic heterocycles. The molecular weight excluding hydrogens is 461 g/mol. The predicted molar refractivity (Wildman–Crippen MR) is 125 cm³/mol. The second-order valence-corrected chi connectivity index (χ2v) is 9.03. The highest BCUT2D eigenvalue weighted by molar-refractivity contribution is 6.05. The number of alkyl halides is 3. The SMILES string of the molecule is Cc1ccc2c(-c3cnc4[nH]cc(C(=O)NC5(C)CCCC5)c4n3)nn(C)c2c1.O=CC(F)(F)F. The monoisotopic (exact) mass is 486 g/mol. The molecule has 1 amide bonds. The first kappa shape index (κ1) is 24.4. The number of H-pyrrole nitrogens is 1. The zero-order chi connectivity index (χ0) is 25.4. The van der Waals surface area contributed by atoms with E-state index in [1.54, 1.807) is 12.4 Å². The number of fused-ring (bicyclic) bond motifs is 2. The fourth-order valence-corrected chi connectivity index (χ4v) is 4.36. The molecule has 0 spiro atoms. The Morgan fingerprint density at radius 2 is 1.94 bits per heavy atom. The van der Waals surface area contributed by atoms with Crippen LogP contribution in [0.5, 0.6) is 0 Å². The second-order valence-electron chi connectivity index (χ2n) is 9.03. The average molecular weight is 486 g/mol. The highest BCUT2D eigenvalue weighted by Gasteiger charge is 2.31. The highest BCUT2D eigenvalue weighted by Crippen LogP contribution is 2.31. The fraction of sp³-hybridized carbons (Fsp3) is 0.375. The van der Waals surface area contributed by atoms with E-state index in [1.165, 1.54) is 5.56 Å². The number of carbonyl (C=O) groups excluding carboxylic acids is 2. The van der Waals surface area contributed by atoms with E-state index in [2.05, 4.69) is 52.4 Å². The minimum absolute atomic E-state index is 0.103. The maximum absolute atomic E-state index is 13.0. The molecule has 0 aliphatic heterocycles. The van der Waals surface area contributed by atoms with Crippen LogP contribution >= 0.6 is 0 Å². The van der Waals surface area contributed by atoms with E-state index in [0.717, 1.165) is 42.3 Å². The van der Waals surface area contributed by atoms with Gasteiger partial charge >= 0.3 is 6.18 Å². The van der Waals surface area contributed by atoms with E-state index >= 15 is 0 Å². The largest absolute Gasteiger partial charge is 0.446 e. The minimum atomic E-state index is -4.64.